The van der Waals surface area contributed by atoms with Gasteiger partial charge < -0.3 is 0 Å². The van der Waals surface area contributed by atoms with Gasteiger partial charge in [-0.1, -0.05) is 6.07 Å². The topological polar surface area (TPSA) is 39.1 Å². The van der Waals surface area contributed by atoms with Crippen LogP contribution in [0.4, 0.5) is 4.39 Å². The molecule has 0 fully saturated rings. The van der Waals surface area contributed by atoms with E-state index in [4.69, 9.17) is 0 Å². The van der Waals surface area contributed by atoms with Crippen molar-refractivity contribution >= 4 is 26.0 Å². The van der Waals surface area contributed by atoms with E-state index in [0.29, 0.717) is 10.0 Å². The number of hydrogen-bond donors (Lipinski definition) is 0. The number of nitrogens with zero attached hydrogens (tertiary/aromatic N) is 1. The molecule has 0 saturated carbocycles. The lowest BCUT2D eigenvalue weighted by Crippen LogP contribution is -2.12. The molecule has 90 valence electrons. The highest BCUT2D eigenvalue weighted by atomic mass is 79.9. The molecule has 3 nitrogen and oxygen atoms in total. The summed E-state index contributed by atoms with van der Waals surface area (Å²) in [5.74, 6) is -0.741. The minimum atomic E-state index is -3.85. The van der Waals surface area contributed by atoms with Gasteiger partial charge in [-0.2, -0.15) is 0 Å². The second-order valence-corrected chi connectivity index (χ2v) is 6.33. The van der Waals surface area contributed by atoms with Crippen molar-refractivity contribution in [1.82, 2.24) is 3.97 Å². The van der Waals surface area contributed by atoms with Gasteiger partial charge in [0, 0.05) is 16.9 Å². The first-order valence-corrected chi connectivity index (χ1v) is 7.00. The van der Waals surface area contributed by atoms with Crippen LogP contribution >= 0.6 is 15.9 Å². The van der Waals surface area contributed by atoms with E-state index in [2.05, 4.69) is 15.9 Å². The molecule has 6 heteroatoms. The molecule has 0 saturated heterocycles. The fourth-order valence-corrected chi connectivity index (χ4v) is 3.15. The van der Waals surface area contributed by atoms with Crippen molar-refractivity contribution in [2.75, 3.05) is 0 Å². The molecule has 0 N–H and O–H groups in total. The highest BCUT2D eigenvalue weighted by molar-refractivity contribution is 9.10. The normalized spacial score (nSPS) is 11.7. The van der Waals surface area contributed by atoms with Crippen LogP contribution in [0.25, 0.3) is 0 Å². The van der Waals surface area contributed by atoms with E-state index in [9.17, 15) is 12.8 Å². The van der Waals surface area contributed by atoms with Crippen molar-refractivity contribution in [2.45, 2.75) is 11.8 Å². The smallest absolute Gasteiger partial charge is 0.248 e. The maximum absolute atomic E-state index is 13.6. The summed E-state index contributed by atoms with van der Waals surface area (Å²) >= 11 is 3.15. The van der Waals surface area contributed by atoms with Crippen LogP contribution in [0.1, 0.15) is 5.56 Å². The molecule has 0 aliphatic carbocycles. The summed E-state index contributed by atoms with van der Waals surface area (Å²) in [5, 5.41) is 0. The summed E-state index contributed by atoms with van der Waals surface area (Å²) in [7, 11) is -3.85. The van der Waals surface area contributed by atoms with E-state index < -0.39 is 15.8 Å². The molecular formula is C11H9BrFNO2S. The van der Waals surface area contributed by atoms with Crippen molar-refractivity contribution in [3.05, 3.63) is 52.5 Å². The van der Waals surface area contributed by atoms with Gasteiger partial charge in [0.25, 0.3) is 10.0 Å². The third-order valence-corrected chi connectivity index (χ3v) is 4.41. The van der Waals surface area contributed by atoms with Crippen molar-refractivity contribution in [3.8, 4) is 0 Å². The summed E-state index contributed by atoms with van der Waals surface area (Å²) in [6.45, 7) is 1.70. The maximum atomic E-state index is 13.6. The van der Waals surface area contributed by atoms with Gasteiger partial charge in [0.1, 0.15) is 10.7 Å². The number of rotatable bonds is 2. The summed E-state index contributed by atoms with van der Waals surface area (Å²) < 4.78 is 39.4. The second-order valence-electron chi connectivity index (χ2n) is 3.60. The Labute approximate surface area is 107 Å². The summed E-state index contributed by atoms with van der Waals surface area (Å²) in [6, 6.07) is 5.61. The highest BCUT2D eigenvalue weighted by Gasteiger charge is 2.20. The van der Waals surface area contributed by atoms with Gasteiger partial charge in [0.2, 0.25) is 0 Å². The Morgan fingerprint density at radius 3 is 2.53 bits per heavy atom. The molecular weight excluding hydrogens is 309 g/mol. The largest absolute Gasteiger partial charge is 0.270 e. The molecule has 1 aromatic carbocycles. The monoisotopic (exact) mass is 317 g/mol. The first-order chi connectivity index (χ1) is 7.91. The molecule has 0 radical (unpaired) electrons. The number of benzene rings is 1. The van der Waals surface area contributed by atoms with Crippen LogP contribution in [0, 0.1) is 12.7 Å². The van der Waals surface area contributed by atoms with Crippen LogP contribution in [0.3, 0.4) is 0 Å². The lowest BCUT2D eigenvalue weighted by Gasteiger charge is -2.07. The zero-order valence-electron chi connectivity index (χ0n) is 8.89. The van der Waals surface area contributed by atoms with Crippen LogP contribution in [0.15, 0.2) is 46.0 Å². The van der Waals surface area contributed by atoms with E-state index in [0.717, 1.165) is 3.97 Å². The summed E-state index contributed by atoms with van der Waals surface area (Å²) in [6.07, 6.45) is 2.73. The third kappa shape index (κ3) is 2.28. The predicted octanol–water partition coefficient (Wildman–Crippen LogP) is 2.94. The zero-order chi connectivity index (χ0) is 12.6. The van der Waals surface area contributed by atoms with E-state index >= 15 is 0 Å². The van der Waals surface area contributed by atoms with E-state index in [1.165, 1.54) is 24.5 Å². The van der Waals surface area contributed by atoms with Crippen LogP contribution in [-0.2, 0) is 10.0 Å². The average molecular weight is 318 g/mol. The summed E-state index contributed by atoms with van der Waals surface area (Å²) in [5.41, 5.74) is 0.676. The van der Waals surface area contributed by atoms with Gasteiger partial charge in [-0.25, -0.2) is 16.8 Å². The number of halogens is 2. The van der Waals surface area contributed by atoms with E-state index in [1.54, 1.807) is 19.1 Å². The SMILES string of the molecule is Cc1ccc(S(=O)(=O)n2ccc(Br)c2)c(F)c1. The Balaban J connectivity index is 2.60. The molecule has 17 heavy (non-hydrogen) atoms. The first-order valence-electron chi connectivity index (χ1n) is 4.76. The molecule has 0 amide bonds. The van der Waals surface area contributed by atoms with Crippen molar-refractivity contribution in [2.24, 2.45) is 0 Å². The Kier molecular flexibility index (Phi) is 3.09. The van der Waals surface area contributed by atoms with Gasteiger partial charge in [-0.05, 0) is 46.6 Å². The Morgan fingerprint density at radius 2 is 2.00 bits per heavy atom. The maximum Gasteiger partial charge on any atom is 0.270 e. The fourth-order valence-electron chi connectivity index (χ4n) is 1.43. The van der Waals surface area contributed by atoms with E-state index in [-0.39, 0.29) is 4.90 Å². The zero-order valence-corrected chi connectivity index (χ0v) is 11.3. The molecule has 0 aliphatic rings. The van der Waals surface area contributed by atoms with Crippen molar-refractivity contribution in [3.63, 3.8) is 0 Å². The van der Waals surface area contributed by atoms with Crippen LogP contribution < -0.4 is 0 Å². The second kappa shape index (κ2) is 4.27. The fraction of sp³-hybridized carbons (Fsp3) is 0.0909. The number of aromatic nitrogens is 1. The van der Waals surface area contributed by atoms with Gasteiger partial charge in [0.15, 0.2) is 0 Å². The molecule has 0 spiro atoms. The number of aryl methyl sites for hydroxylation is 1. The third-order valence-electron chi connectivity index (χ3n) is 2.27. The van der Waals surface area contributed by atoms with Crippen LogP contribution in [-0.4, -0.2) is 12.4 Å². The molecule has 0 aliphatic heterocycles. The molecule has 1 aromatic heterocycles. The first kappa shape index (κ1) is 12.3. The molecule has 0 unspecified atom stereocenters. The molecule has 1 heterocycles. The predicted molar refractivity (Wildman–Crippen MR) is 65.9 cm³/mol. The molecule has 2 rings (SSSR count). The number of hydrogen-bond acceptors (Lipinski definition) is 2. The minimum Gasteiger partial charge on any atom is -0.248 e. The molecule has 2 aromatic rings. The minimum absolute atomic E-state index is 0.328. The van der Waals surface area contributed by atoms with Gasteiger partial charge in [-0.3, -0.25) is 0 Å². The standard InChI is InChI=1S/C11H9BrFNO2S/c1-8-2-3-11(10(13)6-8)17(15,16)14-5-4-9(12)7-14/h2-7H,1H3. The van der Waals surface area contributed by atoms with Gasteiger partial charge in [0.05, 0.1) is 0 Å². The van der Waals surface area contributed by atoms with Crippen LogP contribution in [0.5, 0.6) is 0 Å². The molecule has 0 bridgehead atoms. The lowest BCUT2D eigenvalue weighted by atomic mass is 10.2. The average Bonchev–Trinajstić information content (AvgIpc) is 2.64. The van der Waals surface area contributed by atoms with Gasteiger partial charge >= 0.3 is 0 Å². The van der Waals surface area contributed by atoms with Crippen molar-refractivity contribution in [1.29, 1.82) is 0 Å². The Morgan fingerprint density at radius 1 is 1.29 bits per heavy atom. The Bertz CT molecular complexity index is 664. The quantitative estimate of drug-likeness (QED) is 0.854. The highest BCUT2D eigenvalue weighted by Crippen LogP contribution is 2.21. The molecule has 0 atom stereocenters. The Hall–Kier alpha value is -1.14. The van der Waals surface area contributed by atoms with Crippen molar-refractivity contribution < 1.29 is 12.8 Å². The van der Waals surface area contributed by atoms with Gasteiger partial charge in [-0.15, -0.1) is 0 Å². The lowest BCUT2D eigenvalue weighted by molar-refractivity contribution is 0.560. The summed E-state index contributed by atoms with van der Waals surface area (Å²) in [4.78, 5) is -0.328. The van der Waals surface area contributed by atoms with Crippen LogP contribution in [0.2, 0.25) is 0 Å². The van der Waals surface area contributed by atoms with E-state index in [1.807, 2.05) is 0 Å².